The predicted octanol–water partition coefficient (Wildman–Crippen LogP) is 1.08. The van der Waals surface area contributed by atoms with Gasteiger partial charge in [-0.3, -0.25) is 4.99 Å². The highest BCUT2D eigenvalue weighted by atomic mass is 14.9. The SMILES string of the molecule is CN=C(C)C1CCCNC1. The van der Waals surface area contributed by atoms with Crippen LogP contribution >= 0.6 is 0 Å². The van der Waals surface area contributed by atoms with Crippen molar-refractivity contribution in [2.45, 2.75) is 19.8 Å². The lowest BCUT2D eigenvalue weighted by Gasteiger charge is -2.22. The Morgan fingerprint density at radius 1 is 1.60 bits per heavy atom. The Hall–Kier alpha value is -0.370. The second-order valence-corrected chi connectivity index (χ2v) is 2.91. The van der Waals surface area contributed by atoms with Gasteiger partial charge in [0.25, 0.3) is 0 Å². The molecule has 0 saturated carbocycles. The van der Waals surface area contributed by atoms with Crippen molar-refractivity contribution < 1.29 is 0 Å². The van der Waals surface area contributed by atoms with Crippen molar-refractivity contribution in [2.75, 3.05) is 20.1 Å². The molecule has 1 aliphatic heterocycles. The second kappa shape index (κ2) is 3.71. The molecule has 1 rings (SSSR count). The van der Waals surface area contributed by atoms with E-state index in [9.17, 15) is 0 Å². The van der Waals surface area contributed by atoms with Crippen LogP contribution in [0.25, 0.3) is 0 Å². The summed E-state index contributed by atoms with van der Waals surface area (Å²) < 4.78 is 0. The fourth-order valence-electron chi connectivity index (χ4n) is 1.39. The number of hydrogen-bond acceptors (Lipinski definition) is 2. The van der Waals surface area contributed by atoms with Gasteiger partial charge in [-0.05, 0) is 26.3 Å². The predicted molar refractivity (Wildman–Crippen MR) is 44.6 cm³/mol. The van der Waals surface area contributed by atoms with E-state index in [1.54, 1.807) is 0 Å². The van der Waals surface area contributed by atoms with Crippen molar-refractivity contribution in [3.05, 3.63) is 0 Å². The molecule has 1 fully saturated rings. The molecule has 58 valence electrons. The third kappa shape index (κ3) is 1.81. The van der Waals surface area contributed by atoms with Crippen LogP contribution in [0, 0.1) is 5.92 Å². The highest BCUT2D eigenvalue weighted by molar-refractivity contribution is 5.84. The number of piperidine rings is 1. The maximum absolute atomic E-state index is 4.19. The quantitative estimate of drug-likeness (QED) is 0.541. The zero-order chi connectivity index (χ0) is 7.40. The Morgan fingerprint density at radius 2 is 2.40 bits per heavy atom. The first-order chi connectivity index (χ1) is 4.84. The second-order valence-electron chi connectivity index (χ2n) is 2.91. The van der Waals surface area contributed by atoms with Gasteiger partial charge in [0.05, 0.1) is 0 Å². The maximum Gasteiger partial charge on any atom is 0.0276 e. The summed E-state index contributed by atoms with van der Waals surface area (Å²) in [7, 11) is 1.88. The van der Waals surface area contributed by atoms with E-state index in [0.717, 1.165) is 6.54 Å². The van der Waals surface area contributed by atoms with Gasteiger partial charge in [-0.2, -0.15) is 0 Å². The van der Waals surface area contributed by atoms with Gasteiger partial charge in [0, 0.05) is 25.2 Å². The van der Waals surface area contributed by atoms with Gasteiger partial charge < -0.3 is 5.32 Å². The van der Waals surface area contributed by atoms with E-state index >= 15 is 0 Å². The molecule has 1 heterocycles. The zero-order valence-corrected chi connectivity index (χ0v) is 6.85. The summed E-state index contributed by atoms with van der Waals surface area (Å²) >= 11 is 0. The third-order valence-electron chi connectivity index (χ3n) is 2.24. The molecular weight excluding hydrogens is 124 g/mol. The molecule has 0 aromatic carbocycles. The average Bonchev–Trinajstić information content (AvgIpc) is 2.05. The summed E-state index contributed by atoms with van der Waals surface area (Å²) in [6, 6.07) is 0. The van der Waals surface area contributed by atoms with Crippen LogP contribution in [0.2, 0.25) is 0 Å². The van der Waals surface area contributed by atoms with Crippen LogP contribution in [0.1, 0.15) is 19.8 Å². The summed E-state index contributed by atoms with van der Waals surface area (Å²) in [5.41, 5.74) is 1.30. The van der Waals surface area contributed by atoms with Crippen LogP contribution in [0.15, 0.2) is 4.99 Å². The van der Waals surface area contributed by atoms with Crippen molar-refractivity contribution in [1.29, 1.82) is 0 Å². The minimum absolute atomic E-state index is 0.707. The van der Waals surface area contributed by atoms with Gasteiger partial charge >= 0.3 is 0 Å². The minimum Gasteiger partial charge on any atom is -0.316 e. The van der Waals surface area contributed by atoms with Crippen LogP contribution in [-0.2, 0) is 0 Å². The average molecular weight is 140 g/mol. The van der Waals surface area contributed by atoms with Crippen LogP contribution in [-0.4, -0.2) is 25.8 Å². The molecule has 1 aliphatic rings. The van der Waals surface area contributed by atoms with E-state index < -0.39 is 0 Å². The first-order valence-corrected chi connectivity index (χ1v) is 3.98. The van der Waals surface area contributed by atoms with E-state index in [4.69, 9.17) is 0 Å². The van der Waals surface area contributed by atoms with Gasteiger partial charge in [0.1, 0.15) is 0 Å². The molecule has 0 amide bonds. The van der Waals surface area contributed by atoms with Gasteiger partial charge in [-0.15, -0.1) is 0 Å². The normalized spacial score (nSPS) is 28.6. The largest absolute Gasteiger partial charge is 0.316 e. The molecule has 2 nitrogen and oxygen atoms in total. The van der Waals surface area contributed by atoms with Gasteiger partial charge in [-0.25, -0.2) is 0 Å². The molecule has 0 aromatic rings. The fourth-order valence-corrected chi connectivity index (χ4v) is 1.39. The molecule has 0 bridgehead atoms. The molecule has 1 atom stereocenters. The lowest BCUT2D eigenvalue weighted by Crippen LogP contribution is -2.33. The Bertz CT molecular complexity index is 123. The van der Waals surface area contributed by atoms with Crippen molar-refractivity contribution in [3.63, 3.8) is 0 Å². The molecular formula is C8H16N2. The molecule has 1 saturated heterocycles. The van der Waals surface area contributed by atoms with E-state index in [1.807, 2.05) is 7.05 Å². The number of aliphatic imine (C=N–C) groups is 1. The molecule has 0 aliphatic carbocycles. The Labute approximate surface area is 62.7 Å². The summed E-state index contributed by atoms with van der Waals surface area (Å²) in [6.07, 6.45) is 2.62. The topological polar surface area (TPSA) is 24.4 Å². The number of hydrogen-bond donors (Lipinski definition) is 1. The van der Waals surface area contributed by atoms with E-state index in [0.29, 0.717) is 5.92 Å². The summed E-state index contributed by atoms with van der Waals surface area (Å²) in [5, 5.41) is 3.37. The van der Waals surface area contributed by atoms with E-state index in [1.165, 1.54) is 25.1 Å². The highest BCUT2D eigenvalue weighted by Gasteiger charge is 2.14. The molecule has 2 heteroatoms. The Balaban J connectivity index is 2.39. The van der Waals surface area contributed by atoms with Crippen molar-refractivity contribution >= 4 is 5.71 Å². The molecule has 1 N–H and O–H groups in total. The monoisotopic (exact) mass is 140 g/mol. The minimum atomic E-state index is 0.707. The smallest absolute Gasteiger partial charge is 0.0276 e. The summed E-state index contributed by atoms with van der Waals surface area (Å²) in [6.45, 7) is 4.44. The van der Waals surface area contributed by atoms with Crippen molar-refractivity contribution in [3.8, 4) is 0 Å². The van der Waals surface area contributed by atoms with Crippen LogP contribution in [0.3, 0.4) is 0 Å². The van der Waals surface area contributed by atoms with Gasteiger partial charge in [0.2, 0.25) is 0 Å². The molecule has 0 aromatic heterocycles. The van der Waals surface area contributed by atoms with E-state index in [2.05, 4.69) is 17.2 Å². The summed E-state index contributed by atoms with van der Waals surface area (Å²) in [5.74, 6) is 0.707. The van der Waals surface area contributed by atoms with Crippen LogP contribution in [0.5, 0.6) is 0 Å². The first kappa shape index (κ1) is 7.73. The Morgan fingerprint density at radius 3 is 2.90 bits per heavy atom. The van der Waals surface area contributed by atoms with E-state index in [-0.39, 0.29) is 0 Å². The zero-order valence-electron chi connectivity index (χ0n) is 6.85. The first-order valence-electron chi connectivity index (χ1n) is 3.98. The molecule has 0 radical (unpaired) electrons. The van der Waals surface area contributed by atoms with Crippen LogP contribution in [0.4, 0.5) is 0 Å². The lowest BCUT2D eigenvalue weighted by molar-refractivity contribution is 0.456. The molecule has 1 unspecified atom stereocenters. The summed E-state index contributed by atoms with van der Waals surface area (Å²) in [4.78, 5) is 4.19. The molecule has 10 heavy (non-hydrogen) atoms. The number of nitrogens with one attached hydrogen (secondary N) is 1. The van der Waals surface area contributed by atoms with Gasteiger partial charge in [0.15, 0.2) is 0 Å². The fraction of sp³-hybridized carbons (Fsp3) is 0.875. The number of rotatable bonds is 1. The van der Waals surface area contributed by atoms with Crippen LogP contribution < -0.4 is 5.32 Å². The highest BCUT2D eigenvalue weighted by Crippen LogP contribution is 2.11. The number of nitrogens with zero attached hydrogens (tertiary/aromatic N) is 1. The lowest BCUT2D eigenvalue weighted by atomic mass is 9.95. The third-order valence-corrected chi connectivity index (χ3v) is 2.24. The van der Waals surface area contributed by atoms with Crippen molar-refractivity contribution in [1.82, 2.24) is 5.32 Å². The van der Waals surface area contributed by atoms with Gasteiger partial charge in [-0.1, -0.05) is 0 Å². The Kier molecular flexibility index (Phi) is 2.87. The maximum atomic E-state index is 4.19. The standard InChI is InChI=1S/C8H16N2/c1-7(9-2)8-4-3-5-10-6-8/h8,10H,3-6H2,1-2H3. The molecule has 0 spiro atoms. The van der Waals surface area contributed by atoms with Crippen molar-refractivity contribution in [2.24, 2.45) is 10.9 Å².